The Morgan fingerprint density at radius 3 is 2.73 bits per heavy atom. The Morgan fingerprint density at radius 2 is 2.14 bits per heavy atom. The standard InChI is InChI=1S/C18H30N4/c1-4-5-8-16(19)13-18(15-10-11-15)22-12-7-6-9-17(21-3)14-20-2/h7,9,12-15,21H,4-6,8,10-11,19H2,1-3H3/b12-7+,16-13?,17-9+,20-14?,22-18?. The average molecular weight is 302 g/mol. The number of nitrogens with zero attached hydrogens (tertiary/aromatic N) is 2. The van der Waals surface area contributed by atoms with E-state index in [4.69, 9.17) is 5.73 Å². The van der Waals surface area contributed by atoms with Crippen LogP contribution in [0.5, 0.6) is 0 Å². The van der Waals surface area contributed by atoms with Gasteiger partial charge in [0.05, 0.1) is 0 Å². The summed E-state index contributed by atoms with van der Waals surface area (Å²) in [6.45, 7) is 2.18. The number of hydrogen-bond donors (Lipinski definition) is 2. The first-order valence-corrected chi connectivity index (χ1v) is 8.20. The van der Waals surface area contributed by atoms with Crippen molar-refractivity contribution in [2.75, 3.05) is 14.1 Å². The molecule has 4 heteroatoms. The van der Waals surface area contributed by atoms with Gasteiger partial charge in [-0.3, -0.25) is 9.98 Å². The topological polar surface area (TPSA) is 62.8 Å². The number of unbranched alkanes of at least 4 members (excludes halogenated alkanes) is 1. The van der Waals surface area contributed by atoms with Gasteiger partial charge in [-0.05, 0) is 38.2 Å². The number of rotatable bonds is 10. The minimum atomic E-state index is 0.612. The molecule has 4 nitrogen and oxygen atoms in total. The number of allylic oxidation sites excluding steroid dienone is 5. The fourth-order valence-corrected chi connectivity index (χ4v) is 2.04. The van der Waals surface area contributed by atoms with E-state index in [0.717, 1.165) is 36.4 Å². The van der Waals surface area contributed by atoms with Gasteiger partial charge >= 0.3 is 0 Å². The van der Waals surface area contributed by atoms with E-state index in [1.807, 2.05) is 19.5 Å². The Labute approximate surface area is 135 Å². The van der Waals surface area contributed by atoms with Crippen LogP contribution in [0.15, 0.2) is 45.8 Å². The molecule has 0 amide bonds. The van der Waals surface area contributed by atoms with Gasteiger partial charge in [0.25, 0.3) is 0 Å². The van der Waals surface area contributed by atoms with Crippen molar-refractivity contribution in [1.82, 2.24) is 5.32 Å². The second-order valence-electron chi connectivity index (χ2n) is 5.57. The average Bonchev–Trinajstić information content (AvgIpc) is 3.35. The van der Waals surface area contributed by atoms with Crippen LogP contribution in [0.1, 0.15) is 45.4 Å². The van der Waals surface area contributed by atoms with Crippen LogP contribution < -0.4 is 11.1 Å². The van der Waals surface area contributed by atoms with Crippen LogP contribution in [0.3, 0.4) is 0 Å². The van der Waals surface area contributed by atoms with Crippen LogP contribution in [0, 0.1) is 5.92 Å². The molecule has 0 radical (unpaired) electrons. The molecular weight excluding hydrogens is 272 g/mol. The Bertz CT molecular complexity index is 465. The highest BCUT2D eigenvalue weighted by Gasteiger charge is 2.25. The molecule has 3 N–H and O–H groups in total. The van der Waals surface area contributed by atoms with Crippen molar-refractivity contribution in [2.24, 2.45) is 21.6 Å². The number of nitrogens with two attached hydrogens (primary N) is 1. The number of aliphatic imine (C=N–C) groups is 2. The summed E-state index contributed by atoms with van der Waals surface area (Å²) in [6, 6.07) is 0. The summed E-state index contributed by atoms with van der Waals surface area (Å²) in [6.07, 6.45) is 16.5. The third-order valence-electron chi connectivity index (χ3n) is 3.51. The second kappa shape index (κ2) is 10.8. The summed E-state index contributed by atoms with van der Waals surface area (Å²) in [7, 11) is 3.66. The monoisotopic (exact) mass is 302 g/mol. The normalized spacial score (nSPS) is 17.7. The fourth-order valence-electron chi connectivity index (χ4n) is 2.04. The summed E-state index contributed by atoms with van der Waals surface area (Å²) < 4.78 is 0. The molecule has 0 unspecified atom stereocenters. The Kier molecular flexibility index (Phi) is 8.96. The molecule has 0 aromatic heterocycles. The molecule has 22 heavy (non-hydrogen) atoms. The van der Waals surface area contributed by atoms with Crippen LogP contribution >= 0.6 is 0 Å². The van der Waals surface area contributed by atoms with Gasteiger partial charge in [-0.25, -0.2) is 0 Å². The molecule has 0 aromatic carbocycles. The molecule has 1 fully saturated rings. The van der Waals surface area contributed by atoms with Crippen molar-refractivity contribution in [2.45, 2.75) is 45.4 Å². The lowest BCUT2D eigenvalue weighted by Crippen LogP contribution is -2.06. The largest absolute Gasteiger partial charge is 0.402 e. The van der Waals surface area contributed by atoms with E-state index in [-0.39, 0.29) is 0 Å². The van der Waals surface area contributed by atoms with Crippen molar-refractivity contribution in [3.63, 3.8) is 0 Å². The van der Waals surface area contributed by atoms with Gasteiger partial charge in [0, 0.05) is 49.5 Å². The maximum Gasteiger partial charge on any atom is 0.0481 e. The van der Waals surface area contributed by atoms with Crippen molar-refractivity contribution in [3.8, 4) is 0 Å². The van der Waals surface area contributed by atoms with Crippen molar-refractivity contribution < 1.29 is 0 Å². The summed E-state index contributed by atoms with van der Waals surface area (Å²) in [5, 5.41) is 3.09. The first kappa shape index (κ1) is 18.2. The highest BCUT2D eigenvalue weighted by Crippen LogP contribution is 2.31. The molecule has 0 atom stereocenters. The third kappa shape index (κ3) is 7.81. The minimum absolute atomic E-state index is 0.612. The smallest absolute Gasteiger partial charge is 0.0481 e. The first-order valence-electron chi connectivity index (χ1n) is 8.20. The van der Waals surface area contributed by atoms with Crippen molar-refractivity contribution in [1.29, 1.82) is 0 Å². The van der Waals surface area contributed by atoms with Crippen LogP contribution in [-0.4, -0.2) is 26.0 Å². The van der Waals surface area contributed by atoms with E-state index >= 15 is 0 Å². The zero-order valence-electron chi connectivity index (χ0n) is 14.2. The lowest BCUT2D eigenvalue weighted by molar-refractivity contribution is 0.781. The SMILES string of the molecule is CCCCC(N)=CC(=N/C=C/C/C=C(\C=NC)NC)C1CC1. The van der Waals surface area contributed by atoms with E-state index in [1.165, 1.54) is 19.3 Å². The van der Waals surface area contributed by atoms with Crippen LogP contribution in [-0.2, 0) is 0 Å². The van der Waals surface area contributed by atoms with Crippen molar-refractivity contribution >= 4 is 11.9 Å². The molecule has 0 spiro atoms. The molecule has 0 bridgehead atoms. The summed E-state index contributed by atoms with van der Waals surface area (Å²) in [5.74, 6) is 0.612. The molecular formula is C18H30N4. The van der Waals surface area contributed by atoms with E-state index in [0.29, 0.717) is 5.92 Å². The Hall–Kier alpha value is -1.84. The van der Waals surface area contributed by atoms with Crippen LogP contribution in [0.25, 0.3) is 0 Å². The summed E-state index contributed by atoms with van der Waals surface area (Å²) >= 11 is 0. The number of hydrogen-bond acceptors (Lipinski definition) is 4. The van der Waals surface area contributed by atoms with E-state index in [9.17, 15) is 0 Å². The van der Waals surface area contributed by atoms with Crippen LogP contribution in [0.2, 0.25) is 0 Å². The van der Waals surface area contributed by atoms with E-state index < -0.39 is 0 Å². The van der Waals surface area contributed by atoms with Crippen LogP contribution in [0.4, 0.5) is 0 Å². The van der Waals surface area contributed by atoms with Crippen molar-refractivity contribution in [3.05, 3.63) is 35.8 Å². The molecule has 1 aliphatic rings. The van der Waals surface area contributed by atoms with E-state index in [1.54, 1.807) is 7.05 Å². The molecule has 0 aliphatic heterocycles. The predicted octanol–water partition coefficient (Wildman–Crippen LogP) is 3.58. The van der Waals surface area contributed by atoms with Gasteiger partial charge in [-0.15, -0.1) is 0 Å². The highest BCUT2D eigenvalue weighted by atomic mass is 14.8. The number of nitrogens with one attached hydrogen (secondary N) is 1. The third-order valence-corrected chi connectivity index (χ3v) is 3.51. The summed E-state index contributed by atoms with van der Waals surface area (Å²) in [5.41, 5.74) is 9.18. The summed E-state index contributed by atoms with van der Waals surface area (Å²) in [4.78, 5) is 8.59. The Balaban J connectivity index is 2.57. The molecule has 0 saturated heterocycles. The highest BCUT2D eigenvalue weighted by molar-refractivity contribution is 5.99. The first-order chi connectivity index (χ1) is 10.7. The molecule has 1 saturated carbocycles. The maximum atomic E-state index is 6.07. The zero-order valence-corrected chi connectivity index (χ0v) is 14.2. The quantitative estimate of drug-likeness (QED) is 0.606. The van der Waals surface area contributed by atoms with Gasteiger partial charge in [0.1, 0.15) is 0 Å². The molecule has 0 aromatic rings. The van der Waals surface area contributed by atoms with Gasteiger partial charge in [0.2, 0.25) is 0 Å². The van der Waals surface area contributed by atoms with Gasteiger partial charge < -0.3 is 11.1 Å². The lowest BCUT2D eigenvalue weighted by Gasteiger charge is -2.02. The second-order valence-corrected chi connectivity index (χ2v) is 5.57. The van der Waals surface area contributed by atoms with Gasteiger partial charge in [-0.2, -0.15) is 0 Å². The zero-order chi connectivity index (χ0) is 16.2. The minimum Gasteiger partial charge on any atom is -0.402 e. The van der Waals surface area contributed by atoms with Gasteiger partial charge in [0.15, 0.2) is 0 Å². The molecule has 122 valence electrons. The fraction of sp³-hybridized carbons (Fsp3) is 0.556. The predicted molar refractivity (Wildman–Crippen MR) is 97.3 cm³/mol. The lowest BCUT2D eigenvalue weighted by atomic mass is 10.1. The maximum absolute atomic E-state index is 6.07. The van der Waals surface area contributed by atoms with Gasteiger partial charge in [-0.1, -0.05) is 25.5 Å². The van der Waals surface area contributed by atoms with E-state index in [2.05, 4.69) is 40.5 Å². The Morgan fingerprint density at radius 1 is 1.36 bits per heavy atom. The molecule has 1 aliphatic carbocycles. The molecule has 1 rings (SSSR count). The molecule has 0 heterocycles.